The van der Waals surface area contributed by atoms with Crippen LogP contribution in [0.25, 0.3) is 0 Å². The van der Waals surface area contributed by atoms with Crippen molar-refractivity contribution in [2.75, 3.05) is 0 Å². The van der Waals surface area contributed by atoms with E-state index in [4.69, 9.17) is 5.11 Å². The number of aliphatic carboxylic acids is 1. The summed E-state index contributed by atoms with van der Waals surface area (Å²) in [7, 11) is 0. The molecule has 0 heterocycles. The van der Waals surface area contributed by atoms with Crippen LogP contribution in [0.4, 0.5) is 0 Å². The summed E-state index contributed by atoms with van der Waals surface area (Å²) in [4.78, 5) is 22.7. The maximum absolute atomic E-state index is 11.8. The number of Topliss-reactive ketones (excluding diaryl/α,β-unsaturated/α-hetero) is 1. The fourth-order valence-corrected chi connectivity index (χ4v) is 3.42. The fourth-order valence-electron chi connectivity index (χ4n) is 3.42. The third-order valence-corrected chi connectivity index (χ3v) is 5.09. The highest BCUT2D eigenvalue weighted by Gasteiger charge is 2.21. The highest BCUT2D eigenvalue weighted by Crippen LogP contribution is 2.29. The van der Waals surface area contributed by atoms with Crippen molar-refractivity contribution >= 4 is 11.8 Å². The van der Waals surface area contributed by atoms with E-state index in [1.165, 1.54) is 12.8 Å². The van der Waals surface area contributed by atoms with Crippen LogP contribution in [0.15, 0.2) is 0 Å². The molecule has 148 valence electrons. The van der Waals surface area contributed by atoms with Crippen molar-refractivity contribution in [3.8, 4) is 0 Å². The van der Waals surface area contributed by atoms with E-state index in [2.05, 4.69) is 6.92 Å². The Balaban J connectivity index is 3.99. The second kappa shape index (κ2) is 13.3. The Labute approximate surface area is 154 Å². The summed E-state index contributed by atoms with van der Waals surface area (Å²) in [6.45, 7) is 7.80. The van der Waals surface area contributed by atoms with E-state index in [0.29, 0.717) is 0 Å². The van der Waals surface area contributed by atoms with Crippen LogP contribution in [0.1, 0.15) is 105 Å². The predicted molar refractivity (Wildman–Crippen MR) is 103 cm³/mol. The van der Waals surface area contributed by atoms with Gasteiger partial charge in [-0.2, -0.15) is 0 Å². The Bertz CT molecular complexity index is 376. The van der Waals surface area contributed by atoms with Crippen LogP contribution in [0.2, 0.25) is 0 Å². The number of carbonyl (C=O) groups excluding carboxylic acids is 1. The molecule has 0 aliphatic rings. The van der Waals surface area contributed by atoms with Crippen LogP contribution in [-0.2, 0) is 9.59 Å². The average Bonchev–Trinajstić information content (AvgIpc) is 2.48. The number of carbonyl (C=O) groups is 2. The van der Waals surface area contributed by atoms with Crippen LogP contribution in [-0.4, -0.2) is 28.1 Å². The molecule has 0 aromatic carbocycles. The van der Waals surface area contributed by atoms with Crippen LogP contribution in [0.3, 0.4) is 0 Å². The molecule has 0 spiro atoms. The second-order valence-electron chi connectivity index (χ2n) is 8.37. The lowest BCUT2D eigenvalue weighted by atomic mass is 9.82. The molecule has 0 bridgehead atoms. The molecule has 0 saturated heterocycles. The molecule has 0 rings (SSSR count). The topological polar surface area (TPSA) is 74.6 Å². The van der Waals surface area contributed by atoms with Crippen molar-refractivity contribution in [2.24, 2.45) is 11.3 Å². The van der Waals surface area contributed by atoms with E-state index in [-0.39, 0.29) is 29.6 Å². The van der Waals surface area contributed by atoms with Gasteiger partial charge in [0.05, 0.1) is 12.5 Å². The molecule has 4 nitrogen and oxygen atoms in total. The fraction of sp³-hybridized carbons (Fsp3) is 0.905. The zero-order valence-corrected chi connectivity index (χ0v) is 16.9. The van der Waals surface area contributed by atoms with E-state index in [1.807, 2.05) is 13.8 Å². The minimum Gasteiger partial charge on any atom is -0.481 e. The molecule has 0 amide bonds. The first kappa shape index (κ1) is 24.1. The summed E-state index contributed by atoms with van der Waals surface area (Å²) in [6.07, 6.45) is 10.5. The molecule has 2 N–H and O–H groups in total. The Morgan fingerprint density at radius 3 is 2.04 bits per heavy atom. The normalized spacial score (nSPS) is 14.3. The van der Waals surface area contributed by atoms with Gasteiger partial charge in [-0.05, 0) is 44.4 Å². The Morgan fingerprint density at radius 1 is 0.920 bits per heavy atom. The van der Waals surface area contributed by atoms with Crippen molar-refractivity contribution in [2.45, 2.75) is 111 Å². The molecular formula is C21H40O4. The zero-order chi connectivity index (χ0) is 19.3. The molecule has 0 aromatic heterocycles. The molecule has 4 heteroatoms. The highest BCUT2D eigenvalue weighted by molar-refractivity contribution is 5.78. The molecule has 2 atom stereocenters. The van der Waals surface area contributed by atoms with E-state index in [0.717, 1.165) is 57.8 Å². The highest BCUT2D eigenvalue weighted by atomic mass is 16.4. The van der Waals surface area contributed by atoms with Gasteiger partial charge in [0.15, 0.2) is 0 Å². The van der Waals surface area contributed by atoms with Gasteiger partial charge in [0.25, 0.3) is 0 Å². The number of carboxylic acid groups (broad SMARTS) is 1. The SMILES string of the molecule is CCCCCC(O)CCCC(CCCCC(C)(C)CC(=O)O)C(C)=O. The van der Waals surface area contributed by atoms with Crippen molar-refractivity contribution < 1.29 is 19.8 Å². The lowest BCUT2D eigenvalue weighted by Crippen LogP contribution is -2.17. The third-order valence-electron chi connectivity index (χ3n) is 5.09. The van der Waals surface area contributed by atoms with Crippen molar-refractivity contribution in [3.63, 3.8) is 0 Å². The first-order valence-corrected chi connectivity index (χ1v) is 10.1. The number of carboxylic acids is 1. The number of ketones is 1. The smallest absolute Gasteiger partial charge is 0.303 e. The largest absolute Gasteiger partial charge is 0.481 e. The minimum absolute atomic E-state index is 0.0884. The van der Waals surface area contributed by atoms with Gasteiger partial charge in [-0.15, -0.1) is 0 Å². The van der Waals surface area contributed by atoms with Crippen LogP contribution < -0.4 is 0 Å². The summed E-state index contributed by atoms with van der Waals surface area (Å²) in [5, 5.41) is 18.9. The van der Waals surface area contributed by atoms with E-state index in [9.17, 15) is 14.7 Å². The summed E-state index contributed by atoms with van der Waals surface area (Å²) >= 11 is 0. The van der Waals surface area contributed by atoms with Crippen LogP contribution in [0, 0.1) is 11.3 Å². The number of aliphatic hydroxyl groups excluding tert-OH is 1. The van der Waals surface area contributed by atoms with Crippen LogP contribution in [0.5, 0.6) is 0 Å². The first-order valence-electron chi connectivity index (χ1n) is 10.1. The van der Waals surface area contributed by atoms with Gasteiger partial charge in [-0.25, -0.2) is 0 Å². The number of unbranched alkanes of at least 4 members (excludes halogenated alkanes) is 3. The average molecular weight is 357 g/mol. The Kier molecular flexibility index (Phi) is 12.8. The van der Waals surface area contributed by atoms with Gasteiger partial charge < -0.3 is 10.2 Å². The lowest BCUT2D eigenvalue weighted by molar-refractivity contribution is -0.139. The third kappa shape index (κ3) is 14.0. The maximum Gasteiger partial charge on any atom is 0.303 e. The number of rotatable bonds is 16. The number of hydrogen-bond acceptors (Lipinski definition) is 3. The Morgan fingerprint density at radius 2 is 1.48 bits per heavy atom. The summed E-state index contributed by atoms with van der Waals surface area (Å²) in [5.41, 5.74) is -0.180. The molecule has 0 saturated carbocycles. The summed E-state index contributed by atoms with van der Waals surface area (Å²) < 4.78 is 0. The molecule has 25 heavy (non-hydrogen) atoms. The quantitative estimate of drug-likeness (QED) is 0.365. The monoisotopic (exact) mass is 356 g/mol. The first-order chi connectivity index (χ1) is 11.7. The van der Waals surface area contributed by atoms with Crippen molar-refractivity contribution in [1.29, 1.82) is 0 Å². The molecule has 0 fully saturated rings. The van der Waals surface area contributed by atoms with Gasteiger partial charge in [0.1, 0.15) is 5.78 Å². The van der Waals surface area contributed by atoms with Gasteiger partial charge >= 0.3 is 5.97 Å². The number of aliphatic hydroxyl groups is 1. The molecule has 0 aliphatic carbocycles. The van der Waals surface area contributed by atoms with Gasteiger partial charge in [-0.3, -0.25) is 9.59 Å². The minimum atomic E-state index is -0.746. The van der Waals surface area contributed by atoms with Crippen molar-refractivity contribution in [1.82, 2.24) is 0 Å². The lowest BCUT2D eigenvalue weighted by Gasteiger charge is -2.22. The molecule has 0 aromatic rings. The van der Waals surface area contributed by atoms with Gasteiger partial charge in [0, 0.05) is 5.92 Å². The molecular weight excluding hydrogens is 316 g/mol. The van der Waals surface area contributed by atoms with Gasteiger partial charge in [0.2, 0.25) is 0 Å². The van der Waals surface area contributed by atoms with Gasteiger partial charge in [-0.1, -0.05) is 59.3 Å². The summed E-state index contributed by atoms with van der Waals surface area (Å²) in [6, 6.07) is 0. The Hall–Kier alpha value is -0.900. The second-order valence-corrected chi connectivity index (χ2v) is 8.37. The van der Waals surface area contributed by atoms with E-state index < -0.39 is 5.97 Å². The number of hydrogen-bond donors (Lipinski definition) is 2. The van der Waals surface area contributed by atoms with E-state index in [1.54, 1.807) is 6.92 Å². The predicted octanol–water partition coefficient (Wildman–Crippen LogP) is 5.36. The van der Waals surface area contributed by atoms with Crippen molar-refractivity contribution in [3.05, 3.63) is 0 Å². The van der Waals surface area contributed by atoms with Crippen LogP contribution >= 0.6 is 0 Å². The van der Waals surface area contributed by atoms with E-state index >= 15 is 0 Å². The molecule has 0 aliphatic heterocycles. The molecule has 2 unspecified atom stereocenters. The zero-order valence-electron chi connectivity index (χ0n) is 16.9. The standard InChI is InChI=1S/C21H40O4/c1-5-6-7-13-19(23)14-10-12-18(17(2)22)11-8-9-15-21(3,4)16-20(24)25/h18-19,23H,5-16H2,1-4H3,(H,24,25). The summed E-state index contributed by atoms with van der Waals surface area (Å²) in [5.74, 6) is -0.417. The maximum atomic E-state index is 11.8. The molecule has 0 radical (unpaired) electrons.